The zero-order valence-corrected chi connectivity index (χ0v) is 20.4. The molecule has 0 aliphatic rings. The third kappa shape index (κ3) is 8.79. The lowest BCUT2D eigenvalue weighted by Crippen LogP contribution is -2.21. The topological polar surface area (TPSA) is 93.7 Å². The van der Waals surface area contributed by atoms with Gasteiger partial charge >= 0.3 is 5.97 Å². The number of carbonyl (C=O) groups is 3. The van der Waals surface area contributed by atoms with E-state index in [1.807, 2.05) is 38.1 Å². The van der Waals surface area contributed by atoms with Crippen molar-refractivity contribution in [1.29, 1.82) is 0 Å². The second-order valence-electron chi connectivity index (χ2n) is 8.01. The van der Waals surface area contributed by atoms with Gasteiger partial charge in [-0.25, -0.2) is 0 Å². The maximum absolute atomic E-state index is 12.2. The van der Waals surface area contributed by atoms with Crippen molar-refractivity contribution in [1.82, 2.24) is 0 Å². The van der Waals surface area contributed by atoms with Crippen LogP contribution in [0.15, 0.2) is 66.7 Å². The number of aryl methyl sites for hydroxylation is 2. The van der Waals surface area contributed by atoms with Gasteiger partial charge in [0.25, 0.3) is 5.91 Å². The van der Waals surface area contributed by atoms with E-state index in [0.717, 1.165) is 16.9 Å². The summed E-state index contributed by atoms with van der Waals surface area (Å²) in [6.45, 7) is 3.41. The molecule has 0 bridgehead atoms. The molecule has 0 fully saturated rings. The number of halogens is 1. The number of hydrogen-bond donors (Lipinski definition) is 2. The minimum atomic E-state index is -0.548. The van der Waals surface area contributed by atoms with Crippen molar-refractivity contribution < 1.29 is 23.9 Å². The first-order valence-electron chi connectivity index (χ1n) is 11.1. The van der Waals surface area contributed by atoms with E-state index < -0.39 is 18.5 Å². The first-order valence-corrected chi connectivity index (χ1v) is 11.5. The Kier molecular flexibility index (Phi) is 9.26. The molecule has 35 heavy (non-hydrogen) atoms. The fourth-order valence-corrected chi connectivity index (χ4v) is 3.34. The molecular formula is C27H27ClN2O5. The average Bonchev–Trinajstić information content (AvgIpc) is 2.81. The molecule has 0 atom stereocenters. The molecule has 2 amide bonds. The molecule has 2 N–H and O–H groups in total. The van der Waals surface area contributed by atoms with Gasteiger partial charge in [0, 0.05) is 29.2 Å². The van der Waals surface area contributed by atoms with E-state index in [1.54, 1.807) is 42.5 Å². The smallest absolute Gasteiger partial charge is 0.306 e. The van der Waals surface area contributed by atoms with E-state index in [2.05, 4.69) is 10.6 Å². The number of benzene rings is 3. The molecule has 0 spiro atoms. The van der Waals surface area contributed by atoms with Crippen LogP contribution in [0.2, 0.25) is 5.02 Å². The summed E-state index contributed by atoms with van der Waals surface area (Å²) in [4.78, 5) is 36.1. The highest BCUT2D eigenvalue weighted by molar-refractivity contribution is 6.31. The summed E-state index contributed by atoms with van der Waals surface area (Å²) < 4.78 is 10.8. The SMILES string of the molecule is Cc1cccc(Oc2ccc(NC(=O)CCCC(=O)OCC(=O)Nc3cc(Cl)ccc3C)cc2)c1. The summed E-state index contributed by atoms with van der Waals surface area (Å²) in [7, 11) is 0. The molecule has 0 radical (unpaired) electrons. The monoisotopic (exact) mass is 494 g/mol. The normalized spacial score (nSPS) is 10.4. The molecule has 7 nitrogen and oxygen atoms in total. The van der Waals surface area contributed by atoms with Gasteiger partial charge in [0.05, 0.1) is 0 Å². The predicted molar refractivity (Wildman–Crippen MR) is 136 cm³/mol. The van der Waals surface area contributed by atoms with E-state index >= 15 is 0 Å². The number of anilines is 2. The van der Waals surface area contributed by atoms with Gasteiger partial charge in [-0.15, -0.1) is 0 Å². The van der Waals surface area contributed by atoms with Gasteiger partial charge < -0.3 is 20.1 Å². The van der Waals surface area contributed by atoms with Crippen LogP contribution in [0.5, 0.6) is 11.5 Å². The molecule has 3 aromatic carbocycles. The zero-order valence-electron chi connectivity index (χ0n) is 19.6. The van der Waals surface area contributed by atoms with Gasteiger partial charge in [-0.3, -0.25) is 14.4 Å². The van der Waals surface area contributed by atoms with Gasteiger partial charge in [-0.2, -0.15) is 0 Å². The average molecular weight is 495 g/mol. The van der Waals surface area contributed by atoms with Crippen molar-refractivity contribution in [3.05, 3.63) is 82.9 Å². The van der Waals surface area contributed by atoms with Gasteiger partial charge in [-0.05, 0) is 79.9 Å². The van der Waals surface area contributed by atoms with Crippen molar-refractivity contribution in [3.8, 4) is 11.5 Å². The standard InChI is InChI=1S/C27H27ClN2O5/c1-18-5-3-6-23(15-18)35-22-13-11-21(12-14-22)29-25(31)7-4-8-27(33)34-17-26(32)30-24-16-20(28)10-9-19(24)2/h3,5-6,9-16H,4,7-8,17H2,1-2H3,(H,29,31)(H,30,32). The summed E-state index contributed by atoms with van der Waals surface area (Å²) >= 11 is 5.93. The maximum atomic E-state index is 12.2. The number of rotatable bonds is 10. The number of ether oxygens (including phenoxy) is 2. The van der Waals surface area contributed by atoms with Crippen LogP contribution in [0.4, 0.5) is 11.4 Å². The van der Waals surface area contributed by atoms with Gasteiger partial charge in [0.1, 0.15) is 11.5 Å². The van der Waals surface area contributed by atoms with Crippen LogP contribution in [0.25, 0.3) is 0 Å². The van der Waals surface area contributed by atoms with E-state index in [-0.39, 0.29) is 18.7 Å². The van der Waals surface area contributed by atoms with Gasteiger partial charge in [-0.1, -0.05) is 29.8 Å². The quantitative estimate of drug-likeness (QED) is 0.335. The van der Waals surface area contributed by atoms with Crippen LogP contribution in [0.1, 0.15) is 30.4 Å². The zero-order chi connectivity index (χ0) is 25.2. The summed E-state index contributed by atoms with van der Waals surface area (Å²) in [5.74, 6) is 0.167. The molecule has 0 aliphatic heterocycles. The number of nitrogens with one attached hydrogen (secondary N) is 2. The molecule has 0 unspecified atom stereocenters. The number of carbonyl (C=O) groups excluding carboxylic acids is 3. The fraction of sp³-hybridized carbons (Fsp3) is 0.222. The van der Waals surface area contributed by atoms with Crippen LogP contribution < -0.4 is 15.4 Å². The van der Waals surface area contributed by atoms with E-state index in [0.29, 0.717) is 28.6 Å². The predicted octanol–water partition coefficient (Wildman–Crippen LogP) is 6.04. The fourth-order valence-electron chi connectivity index (χ4n) is 3.17. The second-order valence-corrected chi connectivity index (χ2v) is 8.45. The molecule has 0 saturated heterocycles. The van der Waals surface area contributed by atoms with Crippen LogP contribution >= 0.6 is 11.6 Å². The highest BCUT2D eigenvalue weighted by atomic mass is 35.5. The van der Waals surface area contributed by atoms with Crippen LogP contribution in [-0.2, 0) is 19.1 Å². The lowest BCUT2D eigenvalue weighted by molar-refractivity contribution is -0.147. The Morgan fingerprint density at radius 3 is 2.34 bits per heavy atom. The number of esters is 1. The Morgan fingerprint density at radius 1 is 0.829 bits per heavy atom. The lowest BCUT2D eigenvalue weighted by atomic mass is 10.2. The highest BCUT2D eigenvalue weighted by Gasteiger charge is 2.11. The Balaban J connectivity index is 1.34. The molecule has 0 saturated carbocycles. The summed E-state index contributed by atoms with van der Waals surface area (Å²) in [5.41, 5.74) is 3.13. The molecule has 182 valence electrons. The van der Waals surface area contributed by atoms with Crippen molar-refractivity contribution in [3.63, 3.8) is 0 Å². The Hall–Kier alpha value is -3.84. The van der Waals surface area contributed by atoms with E-state index in [9.17, 15) is 14.4 Å². The summed E-state index contributed by atoms with van der Waals surface area (Å²) in [5, 5.41) is 5.93. The molecular weight excluding hydrogens is 468 g/mol. The van der Waals surface area contributed by atoms with Crippen molar-refractivity contribution >= 4 is 40.8 Å². The second kappa shape index (κ2) is 12.6. The Bertz CT molecular complexity index is 1190. The lowest BCUT2D eigenvalue weighted by Gasteiger charge is -2.10. The van der Waals surface area contributed by atoms with Gasteiger partial charge in [0.2, 0.25) is 5.91 Å². The highest BCUT2D eigenvalue weighted by Crippen LogP contribution is 2.24. The molecule has 0 aromatic heterocycles. The molecule has 0 aliphatic carbocycles. The third-order valence-corrected chi connectivity index (χ3v) is 5.22. The number of amides is 2. The number of hydrogen-bond acceptors (Lipinski definition) is 5. The largest absolute Gasteiger partial charge is 0.457 e. The molecule has 3 aromatic rings. The van der Waals surface area contributed by atoms with Crippen LogP contribution in [-0.4, -0.2) is 24.4 Å². The minimum Gasteiger partial charge on any atom is -0.457 e. The van der Waals surface area contributed by atoms with Crippen molar-refractivity contribution in [2.45, 2.75) is 33.1 Å². The van der Waals surface area contributed by atoms with Crippen LogP contribution in [0, 0.1) is 13.8 Å². The molecule has 8 heteroatoms. The summed E-state index contributed by atoms with van der Waals surface area (Å²) in [6, 6.07) is 19.9. The minimum absolute atomic E-state index is 0.0279. The third-order valence-electron chi connectivity index (χ3n) is 4.99. The maximum Gasteiger partial charge on any atom is 0.306 e. The Morgan fingerprint density at radius 2 is 1.60 bits per heavy atom. The van der Waals surface area contributed by atoms with E-state index in [4.69, 9.17) is 21.1 Å². The Labute approximate surface area is 209 Å². The van der Waals surface area contributed by atoms with Gasteiger partial charge in [0.15, 0.2) is 6.61 Å². The van der Waals surface area contributed by atoms with Crippen molar-refractivity contribution in [2.75, 3.05) is 17.2 Å². The first-order chi connectivity index (χ1) is 16.8. The van der Waals surface area contributed by atoms with E-state index in [1.165, 1.54) is 0 Å². The summed E-state index contributed by atoms with van der Waals surface area (Å²) in [6.07, 6.45) is 0.471. The molecule has 3 rings (SSSR count). The van der Waals surface area contributed by atoms with Crippen molar-refractivity contribution in [2.24, 2.45) is 0 Å². The first kappa shape index (κ1) is 25.8. The molecule has 0 heterocycles. The van der Waals surface area contributed by atoms with Crippen LogP contribution in [0.3, 0.4) is 0 Å².